The summed E-state index contributed by atoms with van der Waals surface area (Å²) in [6, 6.07) is 0. The number of hydrogen-bond acceptors (Lipinski definition) is 2. The quantitative estimate of drug-likeness (QED) is 0.746. The molecule has 0 amide bonds. The molecule has 0 unspecified atom stereocenters. The molecule has 1 saturated heterocycles. The van der Waals surface area contributed by atoms with Gasteiger partial charge in [0, 0.05) is 13.0 Å². The molecule has 1 aliphatic heterocycles. The Kier molecular flexibility index (Phi) is 3.38. The van der Waals surface area contributed by atoms with Crippen molar-refractivity contribution in [1.82, 2.24) is 4.90 Å². The summed E-state index contributed by atoms with van der Waals surface area (Å²) < 4.78 is 0. The molecule has 2 nitrogen and oxygen atoms in total. The van der Waals surface area contributed by atoms with E-state index >= 15 is 0 Å². The molecule has 2 aliphatic rings. The molecule has 1 saturated carbocycles. The number of ketones is 1. The number of carbonyl (C=O) groups excluding carboxylic acids is 1. The fourth-order valence-electron chi connectivity index (χ4n) is 4.94. The van der Waals surface area contributed by atoms with Crippen LogP contribution < -0.4 is 0 Å². The van der Waals surface area contributed by atoms with Gasteiger partial charge in [-0.2, -0.15) is 0 Å². The fourth-order valence-corrected chi connectivity index (χ4v) is 4.94. The van der Waals surface area contributed by atoms with E-state index in [9.17, 15) is 4.79 Å². The van der Waals surface area contributed by atoms with Crippen molar-refractivity contribution in [2.45, 2.75) is 72.3 Å². The van der Waals surface area contributed by atoms with Crippen molar-refractivity contribution >= 4 is 5.78 Å². The maximum atomic E-state index is 12.6. The topological polar surface area (TPSA) is 20.3 Å². The van der Waals surface area contributed by atoms with Crippen molar-refractivity contribution in [2.24, 2.45) is 10.8 Å². The van der Waals surface area contributed by atoms with Gasteiger partial charge in [0.1, 0.15) is 0 Å². The van der Waals surface area contributed by atoms with Crippen molar-refractivity contribution in [3.05, 3.63) is 0 Å². The van der Waals surface area contributed by atoms with Gasteiger partial charge in [-0.3, -0.25) is 9.69 Å². The smallest absolute Gasteiger partial charge is 0.154 e. The summed E-state index contributed by atoms with van der Waals surface area (Å²) in [6.45, 7) is 13.6. The minimum atomic E-state index is -0.138. The molecule has 0 aromatic carbocycles. The summed E-state index contributed by atoms with van der Waals surface area (Å²) in [6.07, 6.45) is 5.27. The van der Waals surface area contributed by atoms with Crippen LogP contribution in [0.3, 0.4) is 0 Å². The van der Waals surface area contributed by atoms with E-state index in [1.54, 1.807) is 0 Å². The zero-order chi connectivity index (χ0) is 13.6. The van der Waals surface area contributed by atoms with Gasteiger partial charge in [-0.05, 0) is 43.1 Å². The lowest BCUT2D eigenvalue weighted by Gasteiger charge is -2.53. The SMILES string of the molecule is CCCN1CCC(=O)C12CC(C)(C)CC(C)(C)C2. The molecule has 0 bridgehead atoms. The summed E-state index contributed by atoms with van der Waals surface area (Å²) in [5.41, 5.74) is 0.433. The molecule has 1 aliphatic carbocycles. The summed E-state index contributed by atoms with van der Waals surface area (Å²) in [7, 11) is 0. The average molecular weight is 251 g/mol. The number of hydrogen-bond donors (Lipinski definition) is 0. The third-order valence-corrected chi connectivity index (χ3v) is 4.73. The lowest BCUT2D eigenvalue weighted by Crippen LogP contribution is -2.57. The molecule has 0 atom stereocenters. The van der Waals surface area contributed by atoms with E-state index in [1.165, 1.54) is 6.42 Å². The number of Topliss-reactive ketones (excluding diaryl/α,β-unsaturated/α-hetero) is 1. The first-order valence-corrected chi connectivity index (χ1v) is 7.49. The average Bonchev–Trinajstić information content (AvgIpc) is 2.42. The zero-order valence-electron chi connectivity index (χ0n) is 12.8. The van der Waals surface area contributed by atoms with E-state index in [0.29, 0.717) is 5.78 Å². The number of rotatable bonds is 2. The van der Waals surface area contributed by atoms with Crippen molar-refractivity contribution < 1.29 is 4.79 Å². The van der Waals surface area contributed by atoms with Crippen LogP contribution in [-0.4, -0.2) is 29.3 Å². The van der Waals surface area contributed by atoms with Crippen LogP contribution in [0.2, 0.25) is 0 Å². The molecular formula is C16H29NO. The first-order valence-electron chi connectivity index (χ1n) is 7.49. The van der Waals surface area contributed by atoms with Crippen molar-refractivity contribution in [1.29, 1.82) is 0 Å². The second kappa shape index (κ2) is 4.33. The van der Waals surface area contributed by atoms with Crippen LogP contribution in [-0.2, 0) is 4.79 Å². The van der Waals surface area contributed by atoms with Crippen LogP contribution in [0.25, 0.3) is 0 Å². The van der Waals surface area contributed by atoms with Crippen LogP contribution in [0.15, 0.2) is 0 Å². The summed E-state index contributed by atoms with van der Waals surface area (Å²) in [4.78, 5) is 15.1. The zero-order valence-corrected chi connectivity index (χ0v) is 12.8. The van der Waals surface area contributed by atoms with Gasteiger partial charge in [-0.15, -0.1) is 0 Å². The predicted molar refractivity (Wildman–Crippen MR) is 75.6 cm³/mol. The molecule has 0 radical (unpaired) electrons. The van der Waals surface area contributed by atoms with Gasteiger partial charge in [-0.25, -0.2) is 0 Å². The van der Waals surface area contributed by atoms with Crippen LogP contribution in [0.4, 0.5) is 0 Å². The largest absolute Gasteiger partial charge is 0.298 e. The van der Waals surface area contributed by atoms with E-state index < -0.39 is 0 Å². The Hall–Kier alpha value is -0.370. The minimum absolute atomic E-state index is 0.138. The molecule has 0 N–H and O–H groups in total. The highest BCUT2D eigenvalue weighted by molar-refractivity contribution is 5.91. The molecular weight excluding hydrogens is 222 g/mol. The van der Waals surface area contributed by atoms with Crippen molar-refractivity contribution in [3.63, 3.8) is 0 Å². The van der Waals surface area contributed by atoms with Crippen LogP contribution >= 0.6 is 0 Å². The maximum absolute atomic E-state index is 12.6. The highest BCUT2D eigenvalue weighted by Gasteiger charge is 2.56. The standard InChI is InChI=1S/C16H29NO/c1-6-8-17-9-7-13(18)16(17)11-14(2,3)10-15(4,5)12-16/h6-12H2,1-5H3. The molecule has 18 heavy (non-hydrogen) atoms. The summed E-state index contributed by atoms with van der Waals surface area (Å²) in [5, 5.41) is 0. The van der Waals surface area contributed by atoms with Gasteiger partial charge >= 0.3 is 0 Å². The number of carbonyl (C=O) groups is 1. The van der Waals surface area contributed by atoms with Gasteiger partial charge in [0.25, 0.3) is 0 Å². The van der Waals surface area contributed by atoms with Crippen molar-refractivity contribution in [2.75, 3.05) is 13.1 Å². The molecule has 0 aromatic rings. The second-order valence-electron chi connectivity index (χ2n) is 8.05. The van der Waals surface area contributed by atoms with Crippen LogP contribution in [0, 0.1) is 10.8 Å². The molecule has 2 heteroatoms. The van der Waals surface area contributed by atoms with Crippen molar-refractivity contribution in [3.8, 4) is 0 Å². The molecule has 104 valence electrons. The minimum Gasteiger partial charge on any atom is -0.298 e. The Morgan fingerprint density at radius 2 is 1.61 bits per heavy atom. The lowest BCUT2D eigenvalue weighted by molar-refractivity contribution is -0.133. The first-order chi connectivity index (χ1) is 8.21. The highest BCUT2D eigenvalue weighted by atomic mass is 16.1. The molecule has 2 rings (SSSR count). The van der Waals surface area contributed by atoms with Gasteiger partial charge < -0.3 is 0 Å². The molecule has 1 heterocycles. The molecule has 0 aromatic heterocycles. The molecule has 2 fully saturated rings. The van der Waals surface area contributed by atoms with E-state index in [2.05, 4.69) is 39.5 Å². The van der Waals surface area contributed by atoms with E-state index in [-0.39, 0.29) is 16.4 Å². The van der Waals surface area contributed by atoms with Gasteiger partial charge in [-0.1, -0.05) is 34.6 Å². The highest BCUT2D eigenvalue weighted by Crippen LogP contribution is 2.54. The Morgan fingerprint density at radius 1 is 1.06 bits per heavy atom. The van der Waals surface area contributed by atoms with E-state index in [0.717, 1.165) is 38.8 Å². The number of likely N-dealkylation sites (tertiary alicyclic amines) is 1. The normalized spacial score (nSPS) is 29.9. The Labute approximate surface area is 112 Å². The lowest BCUT2D eigenvalue weighted by atomic mass is 9.57. The number of nitrogens with zero attached hydrogens (tertiary/aromatic N) is 1. The van der Waals surface area contributed by atoms with Gasteiger partial charge in [0.2, 0.25) is 0 Å². The third kappa shape index (κ3) is 2.36. The maximum Gasteiger partial charge on any atom is 0.154 e. The van der Waals surface area contributed by atoms with Gasteiger partial charge in [0.15, 0.2) is 5.78 Å². The predicted octanol–water partition coefficient (Wildman–Crippen LogP) is 3.65. The van der Waals surface area contributed by atoms with Gasteiger partial charge in [0.05, 0.1) is 5.54 Å². The summed E-state index contributed by atoms with van der Waals surface area (Å²) in [5.74, 6) is 0.511. The monoisotopic (exact) mass is 251 g/mol. The van der Waals surface area contributed by atoms with Crippen LogP contribution in [0.5, 0.6) is 0 Å². The van der Waals surface area contributed by atoms with Crippen LogP contribution in [0.1, 0.15) is 66.7 Å². The van der Waals surface area contributed by atoms with E-state index in [1.807, 2.05) is 0 Å². The first kappa shape index (κ1) is 14.0. The Balaban J connectivity index is 2.34. The Morgan fingerprint density at radius 3 is 2.11 bits per heavy atom. The Bertz CT molecular complexity index is 327. The second-order valence-corrected chi connectivity index (χ2v) is 8.05. The fraction of sp³-hybridized carbons (Fsp3) is 0.938. The summed E-state index contributed by atoms with van der Waals surface area (Å²) >= 11 is 0. The van der Waals surface area contributed by atoms with E-state index in [4.69, 9.17) is 0 Å². The third-order valence-electron chi connectivity index (χ3n) is 4.73. The molecule has 1 spiro atoms.